The molecule has 0 aliphatic rings. The molecule has 2 aromatic carbocycles. The van der Waals surface area contributed by atoms with Gasteiger partial charge in [0.1, 0.15) is 0 Å². The molecular weight excluding hydrogens is 328 g/mol. The fourth-order valence-corrected chi connectivity index (χ4v) is 3.61. The minimum Gasteiger partial charge on any atom is -0.396 e. The third kappa shape index (κ3) is 6.22. The van der Waals surface area contributed by atoms with Gasteiger partial charge in [-0.15, -0.1) is 0 Å². The molecule has 0 bridgehead atoms. The molecule has 0 aliphatic heterocycles. The summed E-state index contributed by atoms with van der Waals surface area (Å²) in [5, 5.41) is 9.06. The highest BCUT2D eigenvalue weighted by Gasteiger charge is 2.17. The Balaban J connectivity index is 2.41. The van der Waals surface area contributed by atoms with Gasteiger partial charge in [-0.2, -0.15) is 0 Å². The summed E-state index contributed by atoms with van der Waals surface area (Å²) in [5.74, 6) is 0.253. The van der Waals surface area contributed by atoms with Crippen LogP contribution in [0, 0.1) is 0 Å². The zero-order valence-electron chi connectivity index (χ0n) is 17.1. The molecule has 0 amide bonds. The Hall–Kier alpha value is -2.12. The Morgan fingerprint density at radius 2 is 1.44 bits per heavy atom. The lowest BCUT2D eigenvalue weighted by Gasteiger charge is -2.21. The topological polar surface area (TPSA) is 20.2 Å². The van der Waals surface area contributed by atoms with Crippen molar-refractivity contribution in [2.75, 3.05) is 6.61 Å². The van der Waals surface area contributed by atoms with Crippen molar-refractivity contribution in [3.63, 3.8) is 0 Å². The molecular formula is C26H34O. The molecule has 27 heavy (non-hydrogen) atoms. The van der Waals surface area contributed by atoms with E-state index in [2.05, 4.69) is 87.5 Å². The van der Waals surface area contributed by atoms with Gasteiger partial charge in [0.15, 0.2) is 0 Å². The summed E-state index contributed by atoms with van der Waals surface area (Å²) >= 11 is 0. The van der Waals surface area contributed by atoms with Gasteiger partial charge in [-0.3, -0.25) is 0 Å². The van der Waals surface area contributed by atoms with Gasteiger partial charge >= 0.3 is 0 Å². The minimum absolute atomic E-state index is 0.249. The van der Waals surface area contributed by atoms with Crippen LogP contribution < -0.4 is 0 Å². The largest absolute Gasteiger partial charge is 0.396 e. The van der Waals surface area contributed by atoms with E-state index in [1.54, 1.807) is 0 Å². The number of aryl methyl sites for hydroxylation is 2. The van der Waals surface area contributed by atoms with E-state index < -0.39 is 0 Å². The van der Waals surface area contributed by atoms with Crippen LogP contribution in [0.1, 0.15) is 68.2 Å². The third-order valence-corrected chi connectivity index (χ3v) is 4.92. The zero-order valence-corrected chi connectivity index (χ0v) is 17.1. The summed E-state index contributed by atoms with van der Waals surface area (Å²) in [5.41, 5.74) is 6.72. The number of hydrogen-bond donors (Lipinski definition) is 1. The smallest absolute Gasteiger partial charge is 0.0434 e. The van der Waals surface area contributed by atoms with Crippen molar-refractivity contribution >= 4 is 0 Å². The Bertz CT molecular complexity index is 720. The molecule has 0 spiro atoms. The second kappa shape index (κ2) is 11.6. The van der Waals surface area contributed by atoms with Crippen LogP contribution in [0.3, 0.4) is 0 Å². The molecule has 0 saturated carbocycles. The SMILES string of the molecule is C/C=C\C(=C/CC)C(c1ccc(CCC)cc1)c1ccc(CCCO)cc1. The molecule has 0 saturated heterocycles. The average Bonchev–Trinajstić information content (AvgIpc) is 2.69. The molecule has 144 valence electrons. The number of hydrogen-bond acceptors (Lipinski definition) is 1. The van der Waals surface area contributed by atoms with Gasteiger partial charge in [-0.05, 0) is 60.4 Å². The quantitative estimate of drug-likeness (QED) is 0.472. The van der Waals surface area contributed by atoms with Crippen molar-refractivity contribution < 1.29 is 5.11 Å². The van der Waals surface area contributed by atoms with Gasteiger partial charge in [0.05, 0.1) is 0 Å². The maximum atomic E-state index is 9.06. The molecule has 0 fully saturated rings. The second-order valence-corrected chi connectivity index (χ2v) is 7.11. The lowest BCUT2D eigenvalue weighted by Crippen LogP contribution is -2.05. The first-order chi connectivity index (χ1) is 13.2. The Kier molecular flexibility index (Phi) is 9.07. The maximum absolute atomic E-state index is 9.06. The van der Waals surface area contributed by atoms with E-state index in [4.69, 9.17) is 5.11 Å². The molecule has 1 heteroatoms. The number of allylic oxidation sites excluding steroid dienone is 4. The predicted octanol–water partition coefficient (Wildman–Crippen LogP) is 6.61. The van der Waals surface area contributed by atoms with Gasteiger partial charge < -0.3 is 5.11 Å². The van der Waals surface area contributed by atoms with Crippen LogP contribution in [0.4, 0.5) is 0 Å². The van der Waals surface area contributed by atoms with Crippen molar-refractivity contribution in [3.8, 4) is 0 Å². The molecule has 0 aliphatic carbocycles. The Morgan fingerprint density at radius 3 is 1.89 bits per heavy atom. The van der Waals surface area contributed by atoms with Gasteiger partial charge in [0, 0.05) is 12.5 Å². The van der Waals surface area contributed by atoms with Crippen molar-refractivity contribution in [2.24, 2.45) is 0 Å². The van der Waals surface area contributed by atoms with Crippen LogP contribution in [-0.2, 0) is 12.8 Å². The molecule has 2 aromatic rings. The highest BCUT2D eigenvalue weighted by molar-refractivity contribution is 5.46. The van der Waals surface area contributed by atoms with Crippen LogP contribution in [0.25, 0.3) is 0 Å². The highest BCUT2D eigenvalue weighted by atomic mass is 16.2. The van der Waals surface area contributed by atoms with E-state index >= 15 is 0 Å². The van der Waals surface area contributed by atoms with Crippen molar-refractivity contribution in [3.05, 3.63) is 94.6 Å². The molecule has 1 atom stereocenters. The summed E-state index contributed by atoms with van der Waals surface area (Å²) in [6.45, 7) is 6.76. The molecule has 1 nitrogen and oxygen atoms in total. The summed E-state index contributed by atoms with van der Waals surface area (Å²) < 4.78 is 0. The highest BCUT2D eigenvalue weighted by Crippen LogP contribution is 2.33. The van der Waals surface area contributed by atoms with E-state index in [1.165, 1.54) is 34.2 Å². The molecule has 2 rings (SSSR count). The molecule has 0 aromatic heterocycles. The molecule has 1 N–H and O–H groups in total. The number of rotatable bonds is 10. The normalized spacial score (nSPS) is 13.3. The summed E-state index contributed by atoms with van der Waals surface area (Å²) in [6.07, 6.45) is 11.8. The Morgan fingerprint density at radius 1 is 0.889 bits per heavy atom. The van der Waals surface area contributed by atoms with Crippen molar-refractivity contribution in [1.29, 1.82) is 0 Å². The lowest BCUT2D eigenvalue weighted by molar-refractivity contribution is 0.288. The zero-order chi connectivity index (χ0) is 19.5. The van der Waals surface area contributed by atoms with Crippen LogP contribution in [-0.4, -0.2) is 11.7 Å². The van der Waals surface area contributed by atoms with Gasteiger partial charge in [0.25, 0.3) is 0 Å². The summed E-state index contributed by atoms with van der Waals surface area (Å²) in [4.78, 5) is 0. The van der Waals surface area contributed by atoms with E-state index in [9.17, 15) is 0 Å². The number of aliphatic hydroxyl groups is 1. The number of aliphatic hydroxyl groups excluding tert-OH is 1. The maximum Gasteiger partial charge on any atom is 0.0434 e. The first-order valence-electron chi connectivity index (χ1n) is 10.3. The van der Waals surface area contributed by atoms with Gasteiger partial charge in [0.2, 0.25) is 0 Å². The fraction of sp³-hybridized carbons (Fsp3) is 0.385. The van der Waals surface area contributed by atoms with Crippen LogP contribution in [0.15, 0.2) is 72.3 Å². The second-order valence-electron chi connectivity index (χ2n) is 7.11. The van der Waals surface area contributed by atoms with E-state index in [-0.39, 0.29) is 12.5 Å². The monoisotopic (exact) mass is 362 g/mol. The van der Waals surface area contributed by atoms with Crippen molar-refractivity contribution in [2.45, 2.75) is 58.8 Å². The molecule has 0 heterocycles. The average molecular weight is 363 g/mol. The lowest BCUT2D eigenvalue weighted by atomic mass is 9.83. The van der Waals surface area contributed by atoms with E-state index in [1.807, 2.05) is 0 Å². The molecule has 0 radical (unpaired) electrons. The first kappa shape index (κ1) is 21.2. The summed E-state index contributed by atoms with van der Waals surface area (Å²) in [6, 6.07) is 18.1. The van der Waals surface area contributed by atoms with Gasteiger partial charge in [-0.1, -0.05) is 87.0 Å². The minimum atomic E-state index is 0.249. The van der Waals surface area contributed by atoms with Crippen LogP contribution in [0.2, 0.25) is 0 Å². The van der Waals surface area contributed by atoms with Gasteiger partial charge in [-0.25, -0.2) is 0 Å². The van der Waals surface area contributed by atoms with E-state index in [0.717, 1.165) is 25.7 Å². The van der Waals surface area contributed by atoms with E-state index in [0.29, 0.717) is 0 Å². The van der Waals surface area contributed by atoms with Crippen molar-refractivity contribution in [1.82, 2.24) is 0 Å². The number of benzene rings is 2. The van der Waals surface area contributed by atoms with Crippen LogP contribution in [0.5, 0.6) is 0 Å². The molecule has 1 unspecified atom stereocenters. The Labute approximate surface area is 165 Å². The standard InChI is InChI=1S/C26H34O/c1-4-8-21-12-16-24(17-13-21)26(23(9-5-2)10-6-3)25-18-14-22(15-19-25)11-7-20-27/h5,9-10,12-19,26-27H,4,6-8,11,20H2,1-3H3/b9-5-,23-10+. The first-order valence-corrected chi connectivity index (χ1v) is 10.3. The van der Waals surface area contributed by atoms with Crippen LogP contribution >= 0.6 is 0 Å². The predicted molar refractivity (Wildman–Crippen MR) is 117 cm³/mol. The third-order valence-electron chi connectivity index (χ3n) is 4.92. The summed E-state index contributed by atoms with van der Waals surface area (Å²) in [7, 11) is 0. The fourth-order valence-electron chi connectivity index (χ4n) is 3.61.